The van der Waals surface area contributed by atoms with E-state index < -0.39 is 0 Å². The number of pyridine rings is 1. The van der Waals surface area contributed by atoms with Crippen LogP contribution in [-0.4, -0.2) is 15.2 Å². The average Bonchev–Trinajstić information content (AvgIpc) is 2.61. The number of rotatable bonds is 4. The van der Waals surface area contributed by atoms with Crippen LogP contribution in [0.15, 0.2) is 54.7 Å². The minimum Gasteiger partial charge on any atom is -0.392 e. The van der Waals surface area contributed by atoms with Gasteiger partial charge in [-0.15, -0.1) is 0 Å². The van der Waals surface area contributed by atoms with Crippen LogP contribution in [-0.2, 0) is 13.2 Å². The lowest BCUT2D eigenvalue weighted by atomic mass is 9.92. The van der Waals surface area contributed by atoms with Crippen molar-refractivity contribution in [3.8, 4) is 22.4 Å². The molecule has 0 aliphatic rings. The Morgan fingerprint density at radius 2 is 1.62 bits per heavy atom. The lowest BCUT2D eigenvalue weighted by Crippen LogP contribution is -1.96. The Morgan fingerprint density at radius 3 is 2.29 bits per heavy atom. The molecule has 3 heteroatoms. The molecule has 0 amide bonds. The van der Waals surface area contributed by atoms with Gasteiger partial charge in [0.15, 0.2) is 0 Å². The SMILES string of the molecule is Cc1cccc(C)c1-c1ccc(-c2cc(CO)ccn2)c(CO)c1. The van der Waals surface area contributed by atoms with Crippen LogP contribution in [0.3, 0.4) is 0 Å². The van der Waals surface area contributed by atoms with E-state index in [4.69, 9.17) is 0 Å². The average molecular weight is 319 g/mol. The van der Waals surface area contributed by atoms with E-state index in [1.165, 1.54) is 16.7 Å². The Kier molecular flexibility index (Phi) is 4.74. The summed E-state index contributed by atoms with van der Waals surface area (Å²) >= 11 is 0. The van der Waals surface area contributed by atoms with Crippen LogP contribution in [0.1, 0.15) is 22.3 Å². The molecule has 3 aromatic rings. The highest BCUT2D eigenvalue weighted by molar-refractivity contribution is 5.75. The van der Waals surface area contributed by atoms with Gasteiger partial charge in [-0.2, -0.15) is 0 Å². The highest BCUT2D eigenvalue weighted by Gasteiger charge is 2.11. The lowest BCUT2D eigenvalue weighted by Gasteiger charge is -2.14. The molecule has 0 atom stereocenters. The zero-order valence-electron chi connectivity index (χ0n) is 14.0. The normalized spacial score (nSPS) is 10.8. The van der Waals surface area contributed by atoms with Crippen LogP contribution in [0.5, 0.6) is 0 Å². The van der Waals surface area contributed by atoms with Crippen LogP contribution < -0.4 is 0 Å². The molecule has 2 aromatic carbocycles. The maximum atomic E-state index is 9.84. The summed E-state index contributed by atoms with van der Waals surface area (Å²) < 4.78 is 0. The molecule has 0 aliphatic heterocycles. The van der Waals surface area contributed by atoms with Gasteiger partial charge in [0.2, 0.25) is 0 Å². The van der Waals surface area contributed by atoms with Crippen molar-refractivity contribution in [2.75, 3.05) is 0 Å². The van der Waals surface area contributed by atoms with Crippen molar-refractivity contribution in [2.24, 2.45) is 0 Å². The molecule has 0 saturated carbocycles. The number of hydrogen-bond acceptors (Lipinski definition) is 3. The molecule has 0 unspecified atom stereocenters. The minimum absolute atomic E-state index is 0.0233. The van der Waals surface area contributed by atoms with Gasteiger partial charge in [0.25, 0.3) is 0 Å². The van der Waals surface area contributed by atoms with Gasteiger partial charge >= 0.3 is 0 Å². The number of aryl methyl sites for hydroxylation is 2. The van der Waals surface area contributed by atoms with Crippen molar-refractivity contribution >= 4 is 0 Å². The Morgan fingerprint density at radius 1 is 0.875 bits per heavy atom. The molecule has 3 rings (SSSR count). The molecule has 3 nitrogen and oxygen atoms in total. The monoisotopic (exact) mass is 319 g/mol. The van der Waals surface area contributed by atoms with Crippen molar-refractivity contribution in [1.82, 2.24) is 4.98 Å². The summed E-state index contributed by atoms with van der Waals surface area (Å²) in [7, 11) is 0. The molecular formula is C21H21NO2. The molecule has 0 fully saturated rings. The fraction of sp³-hybridized carbons (Fsp3) is 0.190. The van der Waals surface area contributed by atoms with Crippen LogP contribution in [0.4, 0.5) is 0 Å². The number of aromatic nitrogens is 1. The first-order valence-corrected chi connectivity index (χ1v) is 8.00. The van der Waals surface area contributed by atoms with E-state index in [9.17, 15) is 10.2 Å². The predicted octanol–water partition coefficient (Wildman–Crippen LogP) is 4.02. The molecule has 1 heterocycles. The fourth-order valence-electron chi connectivity index (χ4n) is 3.12. The van der Waals surface area contributed by atoms with Crippen molar-refractivity contribution in [1.29, 1.82) is 0 Å². The standard InChI is InChI=1S/C21H21NO2/c1-14-4-3-5-15(2)21(14)17-6-7-19(18(11-17)13-24)20-10-16(12-23)8-9-22-20/h3-11,23-24H,12-13H2,1-2H3. The van der Waals surface area contributed by atoms with Crippen LogP contribution in [0.2, 0.25) is 0 Å². The van der Waals surface area contributed by atoms with Crippen molar-refractivity contribution in [3.63, 3.8) is 0 Å². The van der Waals surface area contributed by atoms with Gasteiger partial charge in [0.1, 0.15) is 0 Å². The van der Waals surface area contributed by atoms with Gasteiger partial charge in [-0.3, -0.25) is 4.98 Å². The molecule has 0 aliphatic carbocycles. The zero-order valence-corrected chi connectivity index (χ0v) is 14.0. The van der Waals surface area contributed by atoms with Gasteiger partial charge in [-0.05, 0) is 65.4 Å². The number of benzene rings is 2. The van der Waals surface area contributed by atoms with Crippen LogP contribution in [0, 0.1) is 13.8 Å². The number of aliphatic hydroxyl groups is 2. The summed E-state index contributed by atoms with van der Waals surface area (Å²) in [5.74, 6) is 0. The molecule has 1 aromatic heterocycles. The topological polar surface area (TPSA) is 53.4 Å². The second-order valence-corrected chi connectivity index (χ2v) is 6.00. The van der Waals surface area contributed by atoms with Gasteiger partial charge in [-0.25, -0.2) is 0 Å². The zero-order chi connectivity index (χ0) is 17.1. The number of nitrogens with zero attached hydrogens (tertiary/aromatic N) is 1. The van der Waals surface area contributed by atoms with Crippen molar-refractivity contribution in [2.45, 2.75) is 27.1 Å². The second kappa shape index (κ2) is 6.95. The fourth-order valence-corrected chi connectivity index (χ4v) is 3.12. The quantitative estimate of drug-likeness (QED) is 0.764. The third-order valence-corrected chi connectivity index (χ3v) is 4.33. The summed E-state index contributed by atoms with van der Waals surface area (Å²) in [6, 6.07) is 16.0. The third-order valence-electron chi connectivity index (χ3n) is 4.33. The predicted molar refractivity (Wildman–Crippen MR) is 96.4 cm³/mol. The Balaban J connectivity index is 2.12. The van der Waals surface area contributed by atoms with E-state index in [1.54, 1.807) is 12.3 Å². The van der Waals surface area contributed by atoms with Gasteiger partial charge in [0, 0.05) is 11.8 Å². The lowest BCUT2D eigenvalue weighted by molar-refractivity contribution is 0.281. The van der Waals surface area contributed by atoms with Crippen LogP contribution >= 0.6 is 0 Å². The first-order chi connectivity index (χ1) is 11.6. The molecular weight excluding hydrogens is 298 g/mol. The Labute approximate surface area is 142 Å². The smallest absolute Gasteiger partial charge is 0.0709 e. The molecule has 122 valence electrons. The Bertz CT molecular complexity index is 851. The highest BCUT2D eigenvalue weighted by Crippen LogP contribution is 2.32. The Hall–Kier alpha value is -2.49. The molecule has 2 N–H and O–H groups in total. The number of hydrogen-bond donors (Lipinski definition) is 2. The molecule has 0 bridgehead atoms. The van der Waals surface area contributed by atoms with Crippen LogP contribution in [0.25, 0.3) is 22.4 Å². The molecule has 24 heavy (non-hydrogen) atoms. The van der Waals surface area contributed by atoms with Crippen molar-refractivity contribution < 1.29 is 10.2 Å². The van der Waals surface area contributed by atoms with E-state index >= 15 is 0 Å². The maximum absolute atomic E-state index is 9.84. The summed E-state index contributed by atoms with van der Waals surface area (Å²) in [6.07, 6.45) is 1.68. The third kappa shape index (κ3) is 3.09. The highest BCUT2D eigenvalue weighted by atomic mass is 16.3. The molecule has 0 saturated heterocycles. The van der Waals surface area contributed by atoms with E-state index in [2.05, 4.69) is 43.1 Å². The second-order valence-electron chi connectivity index (χ2n) is 6.00. The van der Waals surface area contributed by atoms with E-state index in [-0.39, 0.29) is 13.2 Å². The summed E-state index contributed by atoms with van der Waals surface area (Å²) in [5.41, 5.74) is 8.02. The first kappa shape index (κ1) is 16.4. The van der Waals surface area contributed by atoms with E-state index in [0.29, 0.717) is 0 Å². The van der Waals surface area contributed by atoms with E-state index in [1.807, 2.05) is 18.2 Å². The molecule has 0 spiro atoms. The summed E-state index contributed by atoms with van der Waals surface area (Å²) in [4.78, 5) is 4.38. The summed E-state index contributed by atoms with van der Waals surface area (Å²) in [6.45, 7) is 4.12. The maximum Gasteiger partial charge on any atom is 0.0709 e. The van der Waals surface area contributed by atoms with Gasteiger partial charge in [0.05, 0.1) is 18.9 Å². The largest absolute Gasteiger partial charge is 0.392 e. The van der Waals surface area contributed by atoms with Gasteiger partial charge in [-0.1, -0.05) is 30.3 Å². The van der Waals surface area contributed by atoms with Crippen molar-refractivity contribution in [3.05, 3.63) is 77.0 Å². The van der Waals surface area contributed by atoms with Gasteiger partial charge < -0.3 is 10.2 Å². The first-order valence-electron chi connectivity index (χ1n) is 8.00. The molecule has 0 radical (unpaired) electrons. The minimum atomic E-state index is -0.0564. The van der Waals surface area contributed by atoms with E-state index in [0.717, 1.165) is 27.9 Å². The number of aliphatic hydroxyl groups excluding tert-OH is 2. The summed E-state index contributed by atoms with van der Waals surface area (Å²) in [5, 5.41) is 19.2.